The summed E-state index contributed by atoms with van der Waals surface area (Å²) in [7, 11) is 0. The van der Waals surface area contributed by atoms with E-state index in [1.807, 2.05) is 19.1 Å². The Morgan fingerprint density at radius 3 is 3.04 bits per heavy atom. The van der Waals surface area contributed by atoms with Gasteiger partial charge in [-0.3, -0.25) is 0 Å². The van der Waals surface area contributed by atoms with Crippen molar-refractivity contribution < 1.29 is 4.42 Å². The number of hydrogen-bond donors (Lipinski definition) is 2. The monoisotopic (exact) mass is 346 g/mol. The predicted octanol–water partition coefficient (Wildman–Crippen LogP) is 3.92. The van der Waals surface area contributed by atoms with Crippen LogP contribution in [0.2, 0.25) is 5.15 Å². The van der Waals surface area contributed by atoms with Crippen LogP contribution in [-0.2, 0) is 13.0 Å². The number of pyridine rings is 1. The number of nitriles is 1. The molecule has 0 spiro atoms. The van der Waals surface area contributed by atoms with E-state index in [0.717, 1.165) is 21.0 Å². The second kappa shape index (κ2) is 6.59. The largest absolute Gasteiger partial charge is 0.467 e. The first-order valence-electron chi connectivity index (χ1n) is 7.12. The number of halogens is 1. The molecule has 0 radical (unpaired) electrons. The Kier molecular flexibility index (Phi) is 4.53. The van der Waals surface area contributed by atoms with Gasteiger partial charge in [-0.2, -0.15) is 5.26 Å². The Bertz CT molecular complexity index is 864. The first kappa shape index (κ1) is 15.8. The van der Waals surface area contributed by atoms with Gasteiger partial charge in [-0.1, -0.05) is 11.6 Å². The Balaban J connectivity index is 2.03. The molecule has 5 nitrogen and oxygen atoms in total. The molecular formula is C16H15ClN4OS. The van der Waals surface area contributed by atoms with Crippen molar-refractivity contribution >= 4 is 38.8 Å². The molecule has 3 aromatic heterocycles. The average molecular weight is 347 g/mol. The zero-order valence-corrected chi connectivity index (χ0v) is 14.0. The van der Waals surface area contributed by atoms with Gasteiger partial charge in [0.15, 0.2) is 0 Å². The number of nitrogens with two attached hydrogens (primary N) is 1. The Morgan fingerprint density at radius 2 is 2.39 bits per heavy atom. The van der Waals surface area contributed by atoms with Crippen molar-refractivity contribution in [2.24, 2.45) is 5.73 Å². The molecule has 0 aliphatic heterocycles. The van der Waals surface area contributed by atoms with Gasteiger partial charge in [0.25, 0.3) is 0 Å². The van der Waals surface area contributed by atoms with Gasteiger partial charge >= 0.3 is 0 Å². The molecule has 0 fully saturated rings. The molecule has 3 heterocycles. The molecule has 3 aromatic rings. The lowest BCUT2D eigenvalue weighted by molar-refractivity contribution is 0.518. The first-order chi connectivity index (χ1) is 11.1. The SMILES string of the molecule is CC(N)Cc1sc2c(NCc3ccco3)cc(Cl)nc2c1C#N. The van der Waals surface area contributed by atoms with Gasteiger partial charge in [0, 0.05) is 17.0 Å². The predicted molar refractivity (Wildman–Crippen MR) is 92.7 cm³/mol. The van der Waals surface area contributed by atoms with E-state index in [1.165, 1.54) is 11.3 Å². The molecule has 1 unspecified atom stereocenters. The average Bonchev–Trinajstić information content (AvgIpc) is 3.11. The Morgan fingerprint density at radius 1 is 1.57 bits per heavy atom. The highest BCUT2D eigenvalue weighted by molar-refractivity contribution is 7.20. The number of aromatic nitrogens is 1. The molecule has 1 atom stereocenters. The molecule has 0 aromatic carbocycles. The maximum absolute atomic E-state index is 9.48. The number of rotatable bonds is 5. The van der Waals surface area contributed by atoms with E-state index in [2.05, 4.69) is 16.4 Å². The molecular weight excluding hydrogens is 332 g/mol. The van der Waals surface area contributed by atoms with Crippen molar-refractivity contribution in [1.29, 1.82) is 5.26 Å². The van der Waals surface area contributed by atoms with Crippen molar-refractivity contribution in [1.82, 2.24) is 4.98 Å². The fraction of sp³-hybridized carbons (Fsp3) is 0.250. The van der Waals surface area contributed by atoms with Crippen LogP contribution in [0.15, 0.2) is 28.9 Å². The number of hydrogen-bond acceptors (Lipinski definition) is 6. The smallest absolute Gasteiger partial charge is 0.131 e. The highest BCUT2D eigenvalue weighted by Crippen LogP contribution is 2.37. The summed E-state index contributed by atoms with van der Waals surface area (Å²) in [5, 5.41) is 13.1. The van der Waals surface area contributed by atoms with Crippen LogP contribution in [-0.4, -0.2) is 11.0 Å². The fourth-order valence-corrected chi connectivity index (χ4v) is 3.88. The summed E-state index contributed by atoms with van der Waals surface area (Å²) in [6.45, 7) is 2.45. The molecule has 0 saturated heterocycles. The minimum absolute atomic E-state index is 0.0230. The number of furan rings is 1. The molecule has 0 bridgehead atoms. The van der Waals surface area contributed by atoms with Gasteiger partial charge in [-0.25, -0.2) is 4.98 Å². The maximum Gasteiger partial charge on any atom is 0.131 e. The minimum Gasteiger partial charge on any atom is -0.467 e. The summed E-state index contributed by atoms with van der Waals surface area (Å²) in [6, 6.07) is 7.71. The van der Waals surface area contributed by atoms with Crippen LogP contribution in [0, 0.1) is 11.3 Å². The van der Waals surface area contributed by atoms with Crippen LogP contribution in [0.4, 0.5) is 5.69 Å². The molecule has 7 heteroatoms. The van der Waals surface area contributed by atoms with E-state index >= 15 is 0 Å². The third-order valence-electron chi connectivity index (χ3n) is 3.34. The van der Waals surface area contributed by atoms with Crippen molar-refractivity contribution in [3.8, 4) is 6.07 Å². The lowest BCUT2D eigenvalue weighted by atomic mass is 10.1. The van der Waals surface area contributed by atoms with Crippen molar-refractivity contribution in [2.45, 2.75) is 25.9 Å². The van der Waals surface area contributed by atoms with Crippen LogP contribution in [0.5, 0.6) is 0 Å². The van der Waals surface area contributed by atoms with Gasteiger partial charge < -0.3 is 15.5 Å². The Labute approximate surface area is 142 Å². The lowest BCUT2D eigenvalue weighted by Crippen LogP contribution is -2.17. The van der Waals surface area contributed by atoms with E-state index < -0.39 is 0 Å². The molecule has 23 heavy (non-hydrogen) atoms. The van der Waals surface area contributed by atoms with Gasteiger partial charge in [-0.05, 0) is 25.5 Å². The van der Waals surface area contributed by atoms with Crippen LogP contribution in [0.25, 0.3) is 10.2 Å². The quantitative estimate of drug-likeness (QED) is 0.684. The molecule has 118 valence electrons. The summed E-state index contributed by atoms with van der Waals surface area (Å²) in [5.41, 5.74) is 7.91. The second-order valence-corrected chi connectivity index (χ2v) is 6.79. The van der Waals surface area contributed by atoms with E-state index in [9.17, 15) is 5.26 Å². The normalized spacial score (nSPS) is 12.3. The van der Waals surface area contributed by atoms with E-state index in [4.69, 9.17) is 21.8 Å². The molecule has 0 aliphatic carbocycles. The summed E-state index contributed by atoms with van der Waals surface area (Å²) < 4.78 is 6.23. The zero-order chi connectivity index (χ0) is 16.4. The first-order valence-corrected chi connectivity index (χ1v) is 8.31. The summed E-state index contributed by atoms with van der Waals surface area (Å²) in [5.74, 6) is 0.818. The van der Waals surface area contributed by atoms with Crippen molar-refractivity contribution in [3.63, 3.8) is 0 Å². The number of fused-ring (bicyclic) bond motifs is 1. The number of nitrogens with zero attached hydrogens (tertiary/aromatic N) is 2. The molecule has 3 N–H and O–H groups in total. The molecule has 3 rings (SSSR count). The van der Waals surface area contributed by atoms with Crippen molar-refractivity contribution in [2.75, 3.05) is 5.32 Å². The van der Waals surface area contributed by atoms with Gasteiger partial charge in [0.05, 0.1) is 28.8 Å². The molecule has 0 amide bonds. The molecule has 0 aliphatic rings. The second-order valence-electron chi connectivity index (χ2n) is 5.30. The fourth-order valence-electron chi connectivity index (χ4n) is 2.36. The highest BCUT2D eigenvalue weighted by atomic mass is 35.5. The summed E-state index contributed by atoms with van der Waals surface area (Å²) >= 11 is 7.66. The maximum atomic E-state index is 9.48. The van der Waals surface area contributed by atoms with Crippen LogP contribution < -0.4 is 11.1 Å². The van der Waals surface area contributed by atoms with Crippen molar-refractivity contribution in [3.05, 3.63) is 45.8 Å². The van der Waals surface area contributed by atoms with E-state index in [1.54, 1.807) is 12.3 Å². The third kappa shape index (κ3) is 3.32. The highest BCUT2D eigenvalue weighted by Gasteiger charge is 2.18. The number of thiophene rings is 1. The lowest BCUT2D eigenvalue weighted by Gasteiger charge is -2.06. The summed E-state index contributed by atoms with van der Waals surface area (Å²) in [4.78, 5) is 5.27. The number of nitrogens with one attached hydrogen (secondary N) is 1. The molecule has 0 saturated carbocycles. The topological polar surface area (TPSA) is 87.9 Å². The minimum atomic E-state index is -0.0230. The van der Waals surface area contributed by atoms with Crippen LogP contribution >= 0.6 is 22.9 Å². The number of anilines is 1. The van der Waals surface area contributed by atoms with Gasteiger partial charge in [0.1, 0.15) is 22.5 Å². The standard InChI is InChI=1S/C16H15ClN4OS/c1-9(19)5-13-11(7-18)15-16(23-13)12(6-14(17)21-15)20-8-10-3-2-4-22-10/h2-4,6,9H,5,8,19H2,1H3,(H,20,21). The van der Waals surface area contributed by atoms with Crippen LogP contribution in [0.1, 0.15) is 23.1 Å². The van der Waals surface area contributed by atoms with Gasteiger partial charge in [0.2, 0.25) is 0 Å². The summed E-state index contributed by atoms with van der Waals surface area (Å²) in [6.07, 6.45) is 2.27. The van der Waals surface area contributed by atoms with Crippen LogP contribution in [0.3, 0.4) is 0 Å². The van der Waals surface area contributed by atoms with Gasteiger partial charge in [-0.15, -0.1) is 11.3 Å². The Hall–Kier alpha value is -2.07. The third-order valence-corrected chi connectivity index (χ3v) is 4.76. The van der Waals surface area contributed by atoms with E-state index in [-0.39, 0.29) is 6.04 Å². The zero-order valence-electron chi connectivity index (χ0n) is 12.5. The van der Waals surface area contributed by atoms with E-state index in [0.29, 0.717) is 29.2 Å².